The van der Waals surface area contributed by atoms with Crippen LogP contribution in [-0.4, -0.2) is 33.4 Å². The largest absolute Gasteiger partial charge is 0.335 e. The molecule has 92 valence electrons. The van der Waals surface area contributed by atoms with Gasteiger partial charge in [-0.05, 0) is 18.8 Å². The first-order valence-electron chi connectivity index (χ1n) is 5.99. The molecule has 2 aliphatic rings. The zero-order valence-corrected chi connectivity index (χ0v) is 10.3. The lowest BCUT2D eigenvalue weighted by Gasteiger charge is -2.21. The Labute approximate surface area is 105 Å². The Morgan fingerprint density at radius 3 is 3.12 bits per heavy atom. The summed E-state index contributed by atoms with van der Waals surface area (Å²) in [5.74, 6) is 1.44. The summed E-state index contributed by atoms with van der Waals surface area (Å²) in [6.07, 6.45) is 8.59. The maximum Gasteiger partial charge on any atom is 0.145 e. The van der Waals surface area contributed by atoms with E-state index in [0.717, 1.165) is 24.6 Å². The van der Waals surface area contributed by atoms with Gasteiger partial charge in [-0.3, -0.25) is 10.1 Å². The Bertz CT molecular complexity index is 412. The molecule has 1 aliphatic heterocycles. The molecule has 1 aliphatic carbocycles. The van der Waals surface area contributed by atoms with Gasteiger partial charge < -0.3 is 4.90 Å². The molecule has 0 bridgehead atoms. The summed E-state index contributed by atoms with van der Waals surface area (Å²) in [7, 11) is 0. The van der Waals surface area contributed by atoms with E-state index in [-0.39, 0.29) is 6.17 Å². The summed E-state index contributed by atoms with van der Waals surface area (Å²) in [4.78, 5) is 2.09. The lowest BCUT2D eigenvalue weighted by atomic mass is 10.2. The van der Waals surface area contributed by atoms with E-state index in [1.54, 1.807) is 6.34 Å². The maximum absolute atomic E-state index is 5.76. The van der Waals surface area contributed by atoms with Crippen LogP contribution < -0.4 is 5.43 Å². The molecule has 5 nitrogen and oxygen atoms in total. The number of rotatable bonds is 5. The molecule has 1 aromatic rings. The summed E-state index contributed by atoms with van der Waals surface area (Å²) < 4.78 is 2.03. The molecule has 0 amide bonds. The van der Waals surface area contributed by atoms with Crippen LogP contribution in [0.1, 0.15) is 24.6 Å². The van der Waals surface area contributed by atoms with Gasteiger partial charge in [0, 0.05) is 30.7 Å². The minimum absolute atomic E-state index is 0.0849. The molecule has 1 N–H and O–H groups in total. The first kappa shape index (κ1) is 10.9. The SMILES string of the molecule is ClCCN1C=NNC1c1cnn(CC2CC2)c1. The van der Waals surface area contributed by atoms with Crippen molar-refractivity contribution in [2.24, 2.45) is 11.0 Å². The van der Waals surface area contributed by atoms with Crippen LogP contribution in [0.2, 0.25) is 0 Å². The predicted octanol–water partition coefficient (Wildman–Crippen LogP) is 1.38. The van der Waals surface area contributed by atoms with E-state index in [1.165, 1.54) is 12.8 Å². The third-order valence-corrected chi connectivity index (χ3v) is 3.36. The monoisotopic (exact) mass is 253 g/mol. The van der Waals surface area contributed by atoms with Gasteiger partial charge in [0.2, 0.25) is 0 Å². The Morgan fingerprint density at radius 1 is 1.47 bits per heavy atom. The van der Waals surface area contributed by atoms with Crippen molar-refractivity contribution in [3.8, 4) is 0 Å². The lowest BCUT2D eigenvalue weighted by Crippen LogP contribution is -2.30. The highest BCUT2D eigenvalue weighted by Gasteiger charge is 2.25. The Morgan fingerprint density at radius 2 is 2.35 bits per heavy atom. The summed E-state index contributed by atoms with van der Waals surface area (Å²) in [5, 5.41) is 8.48. The minimum Gasteiger partial charge on any atom is -0.335 e. The van der Waals surface area contributed by atoms with E-state index in [0.29, 0.717) is 5.88 Å². The van der Waals surface area contributed by atoms with Crippen molar-refractivity contribution in [1.82, 2.24) is 20.1 Å². The highest BCUT2D eigenvalue weighted by Crippen LogP contribution is 2.30. The van der Waals surface area contributed by atoms with Crippen molar-refractivity contribution in [3.63, 3.8) is 0 Å². The fourth-order valence-electron chi connectivity index (χ4n) is 2.05. The lowest BCUT2D eigenvalue weighted by molar-refractivity contribution is 0.327. The molecule has 2 heterocycles. The van der Waals surface area contributed by atoms with E-state index in [9.17, 15) is 0 Å². The molecule has 0 radical (unpaired) electrons. The molecule has 1 unspecified atom stereocenters. The summed E-state index contributed by atoms with van der Waals surface area (Å²) in [5.41, 5.74) is 4.22. The molecule has 6 heteroatoms. The van der Waals surface area contributed by atoms with Gasteiger partial charge in [-0.15, -0.1) is 11.6 Å². The number of hydrogen-bond acceptors (Lipinski definition) is 4. The predicted molar refractivity (Wildman–Crippen MR) is 66.7 cm³/mol. The topological polar surface area (TPSA) is 45.4 Å². The van der Waals surface area contributed by atoms with Crippen LogP contribution in [0.3, 0.4) is 0 Å². The molecule has 17 heavy (non-hydrogen) atoms. The highest BCUT2D eigenvalue weighted by atomic mass is 35.5. The molecule has 1 fully saturated rings. The second kappa shape index (κ2) is 4.56. The molecule has 0 saturated heterocycles. The minimum atomic E-state index is 0.0849. The average molecular weight is 254 g/mol. The van der Waals surface area contributed by atoms with Crippen LogP contribution in [-0.2, 0) is 6.54 Å². The molecular formula is C11H16ClN5. The second-order valence-electron chi connectivity index (χ2n) is 4.64. The third-order valence-electron chi connectivity index (χ3n) is 3.19. The van der Waals surface area contributed by atoms with E-state index in [4.69, 9.17) is 11.6 Å². The maximum atomic E-state index is 5.76. The van der Waals surface area contributed by atoms with E-state index < -0.39 is 0 Å². The number of hydrogen-bond donors (Lipinski definition) is 1. The average Bonchev–Trinajstić information content (AvgIpc) is 2.83. The van der Waals surface area contributed by atoms with Gasteiger partial charge in [-0.2, -0.15) is 10.2 Å². The number of alkyl halides is 1. The third kappa shape index (κ3) is 2.39. The summed E-state index contributed by atoms with van der Waals surface area (Å²) in [6.45, 7) is 1.83. The van der Waals surface area contributed by atoms with Crippen molar-refractivity contribution in [2.75, 3.05) is 12.4 Å². The van der Waals surface area contributed by atoms with E-state index in [1.807, 2.05) is 10.9 Å². The Balaban J connectivity index is 1.67. The number of aromatic nitrogens is 2. The smallest absolute Gasteiger partial charge is 0.145 e. The van der Waals surface area contributed by atoms with Gasteiger partial charge in [0.1, 0.15) is 12.5 Å². The standard InChI is InChI=1S/C11H16ClN5/c12-3-4-16-8-13-15-11(16)10-5-14-17(7-10)6-9-1-2-9/h5,7-9,11,15H,1-4,6H2. The normalized spacial score (nSPS) is 23.1. The number of nitrogens with one attached hydrogen (secondary N) is 1. The second-order valence-corrected chi connectivity index (χ2v) is 5.02. The van der Waals surface area contributed by atoms with Crippen LogP contribution in [0.25, 0.3) is 0 Å². The van der Waals surface area contributed by atoms with Crippen LogP contribution in [0.5, 0.6) is 0 Å². The summed E-state index contributed by atoms with van der Waals surface area (Å²) in [6, 6.07) is 0. The quantitative estimate of drug-likeness (QED) is 0.807. The van der Waals surface area contributed by atoms with Gasteiger partial charge in [0.25, 0.3) is 0 Å². The van der Waals surface area contributed by atoms with Gasteiger partial charge in [0.05, 0.1) is 6.20 Å². The summed E-state index contributed by atoms with van der Waals surface area (Å²) >= 11 is 5.76. The zero-order chi connectivity index (χ0) is 11.7. The zero-order valence-electron chi connectivity index (χ0n) is 9.59. The number of hydrazone groups is 1. The number of halogens is 1. The van der Waals surface area contributed by atoms with Crippen LogP contribution in [0.4, 0.5) is 0 Å². The van der Waals surface area contributed by atoms with E-state index in [2.05, 4.69) is 26.7 Å². The molecule has 3 rings (SSSR count). The van der Waals surface area contributed by atoms with Crippen LogP contribution in [0.15, 0.2) is 17.5 Å². The van der Waals surface area contributed by atoms with Crippen molar-refractivity contribution in [1.29, 1.82) is 0 Å². The van der Waals surface area contributed by atoms with Gasteiger partial charge >= 0.3 is 0 Å². The molecule has 1 saturated carbocycles. The van der Waals surface area contributed by atoms with Gasteiger partial charge in [-0.25, -0.2) is 0 Å². The van der Waals surface area contributed by atoms with Crippen molar-refractivity contribution < 1.29 is 0 Å². The van der Waals surface area contributed by atoms with Crippen LogP contribution in [0, 0.1) is 5.92 Å². The molecule has 0 aromatic carbocycles. The molecular weight excluding hydrogens is 238 g/mol. The fraction of sp³-hybridized carbons (Fsp3) is 0.636. The Hall–Kier alpha value is -1.23. The fourth-order valence-corrected chi connectivity index (χ4v) is 2.25. The first-order valence-corrected chi connectivity index (χ1v) is 6.53. The van der Waals surface area contributed by atoms with Crippen LogP contribution >= 0.6 is 11.6 Å². The van der Waals surface area contributed by atoms with Crippen molar-refractivity contribution in [3.05, 3.63) is 18.0 Å². The van der Waals surface area contributed by atoms with Crippen molar-refractivity contribution in [2.45, 2.75) is 25.6 Å². The highest BCUT2D eigenvalue weighted by molar-refractivity contribution is 6.18. The van der Waals surface area contributed by atoms with E-state index >= 15 is 0 Å². The first-order chi connectivity index (χ1) is 8.36. The van der Waals surface area contributed by atoms with Crippen molar-refractivity contribution >= 4 is 17.9 Å². The van der Waals surface area contributed by atoms with Gasteiger partial charge in [0.15, 0.2) is 0 Å². The van der Waals surface area contributed by atoms with Gasteiger partial charge in [-0.1, -0.05) is 0 Å². The number of nitrogens with zero attached hydrogens (tertiary/aromatic N) is 4. The Kier molecular flexibility index (Phi) is 2.93. The molecule has 0 spiro atoms. The molecule has 1 atom stereocenters. The molecule has 1 aromatic heterocycles.